The van der Waals surface area contributed by atoms with E-state index >= 15 is 0 Å². The number of halogens is 1. The number of anilines is 2. The molecular formula is C31H24ClN7O5. The van der Waals surface area contributed by atoms with Crippen LogP contribution >= 0.6 is 11.6 Å². The fraction of sp³-hybridized carbons (Fsp3) is 0.0645. The van der Waals surface area contributed by atoms with Crippen LogP contribution in [0.4, 0.5) is 11.4 Å². The monoisotopic (exact) mass is 609 g/mol. The summed E-state index contributed by atoms with van der Waals surface area (Å²) in [4.78, 5) is 50.9. The molecular weight excluding hydrogens is 586 g/mol. The lowest BCUT2D eigenvalue weighted by atomic mass is 10.00. The fourth-order valence-corrected chi connectivity index (χ4v) is 4.52. The van der Waals surface area contributed by atoms with Crippen molar-refractivity contribution in [1.29, 1.82) is 0 Å². The number of hydrogen-bond donors (Lipinski definition) is 4. The Morgan fingerprint density at radius 1 is 0.818 bits per heavy atom. The number of rotatable bonds is 9. The zero-order valence-electron chi connectivity index (χ0n) is 22.8. The third kappa shape index (κ3) is 7.30. The minimum atomic E-state index is -1.21. The molecule has 0 aliphatic rings. The molecule has 4 N–H and O–H groups in total. The molecule has 5 rings (SSSR count). The molecule has 0 fully saturated rings. The molecule has 0 aliphatic carbocycles. The Kier molecular flexibility index (Phi) is 9.02. The first kappa shape index (κ1) is 29.6. The molecule has 1 aromatic heterocycles. The number of nitrogens with one attached hydrogen (secondary N) is 3. The van der Waals surface area contributed by atoms with Crippen molar-refractivity contribution in [3.63, 3.8) is 0 Å². The Bertz CT molecular complexity index is 1810. The number of aromatic nitrogens is 4. The zero-order chi connectivity index (χ0) is 31.1. The molecule has 12 nitrogen and oxygen atoms in total. The van der Waals surface area contributed by atoms with Gasteiger partial charge in [0.05, 0.1) is 16.9 Å². The van der Waals surface area contributed by atoms with Gasteiger partial charge in [0.2, 0.25) is 5.91 Å². The van der Waals surface area contributed by atoms with E-state index < -0.39 is 29.7 Å². The second-order valence-electron chi connectivity index (χ2n) is 9.54. The molecule has 0 bridgehead atoms. The van der Waals surface area contributed by atoms with Crippen molar-refractivity contribution in [3.05, 3.63) is 120 Å². The van der Waals surface area contributed by atoms with Gasteiger partial charge in [0.25, 0.3) is 0 Å². The molecule has 1 unspecified atom stereocenters. The molecule has 13 heteroatoms. The third-order valence-electron chi connectivity index (χ3n) is 6.51. The van der Waals surface area contributed by atoms with Crippen LogP contribution in [0.5, 0.6) is 0 Å². The maximum atomic E-state index is 13.4. The largest absolute Gasteiger partial charge is 0.478 e. The number of tetrazole rings is 1. The van der Waals surface area contributed by atoms with Gasteiger partial charge in [-0.2, -0.15) is 4.68 Å². The lowest BCUT2D eigenvalue weighted by molar-refractivity contribution is -0.137. The molecule has 1 atom stereocenters. The quantitative estimate of drug-likeness (QED) is 0.182. The summed E-state index contributed by atoms with van der Waals surface area (Å²) in [6, 6.07) is 26.2. The van der Waals surface area contributed by atoms with E-state index in [0.717, 1.165) is 11.1 Å². The van der Waals surface area contributed by atoms with E-state index in [2.05, 4.69) is 31.5 Å². The van der Waals surface area contributed by atoms with Crippen molar-refractivity contribution in [1.82, 2.24) is 25.5 Å². The number of aromatic carboxylic acids is 1. The second kappa shape index (κ2) is 13.4. The Morgan fingerprint density at radius 3 is 2.27 bits per heavy atom. The highest BCUT2D eigenvalue weighted by atomic mass is 35.5. The van der Waals surface area contributed by atoms with Crippen LogP contribution in [0.2, 0.25) is 5.02 Å². The van der Waals surface area contributed by atoms with Gasteiger partial charge >= 0.3 is 17.8 Å². The van der Waals surface area contributed by atoms with Crippen molar-refractivity contribution in [2.45, 2.75) is 12.5 Å². The van der Waals surface area contributed by atoms with Crippen molar-refractivity contribution in [3.8, 4) is 16.8 Å². The van der Waals surface area contributed by atoms with Crippen LogP contribution in [0.15, 0.2) is 103 Å². The molecule has 0 spiro atoms. The minimum absolute atomic E-state index is 0.0285. The number of carboxylic acids is 1. The van der Waals surface area contributed by atoms with Gasteiger partial charge in [0.15, 0.2) is 0 Å². The molecule has 0 saturated carbocycles. The van der Waals surface area contributed by atoms with E-state index in [1.807, 2.05) is 54.6 Å². The molecule has 0 radical (unpaired) electrons. The highest BCUT2D eigenvalue weighted by Gasteiger charge is 2.26. The Morgan fingerprint density at radius 2 is 1.57 bits per heavy atom. The van der Waals surface area contributed by atoms with Gasteiger partial charge in [-0.15, -0.1) is 5.10 Å². The van der Waals surface area contributed by atoms with Crippen LogP contribution in [0.25, 0.3) is 16.8 Å². The Labute approximate surface area is 255 Å². The summed E-state index contributed by atoms with van der Waals surface area (Å²) in [5.74, 6) is -3.97. The number of carboxylic acid groups (broad SMARTS) is 1. The van der Waals surface area contributed by atoms with E-state index in [0.29, 0.717) is 11.3 Å². The predicted molar refractivity (Wildman–Crippen MR) is 162 cm³/mol. The summed E-state index contributed by atoms with van der Waals surface area (Å²) in [5.41, 5.74) is 3.38. The molecule has 44 heavy (non-hydrogen) atoms. The van der Waals surface area contributed by atoms with E-state index in [9.17, 15) is 24.3 Å². The van der Waals surface area contributed by atoms with Crippen LogP contribution < -0.4 is 16.0 Å². The standard InChI is InChI=1S/C31H24ClN7O5/c32-23-13-14-27(39-18-33-37-38-39)25(17-23)35-29(41)30(42)36-26(28(40)34-24-8-4-7-22(16-24)31(43)44)15-19-9-11-21(12-10-19)20-5-2-1-3-6-20/h1-14,16-18,26H,15H2,(H,34,40)(H,35,41)(H,36,42)(H,43,44). The number of carbonyl (C=O) groups is 4. The van der Waals surface area contributed by atoms with E-state index in [4.69, 9.17) is 11.6 Å². The molecule has 0 saturated heterocycles. The summed E-state index contributed by atoms with van der Waals surface area (Å²) < 4.78 is 1.28. The third-order valence-corrected chi connectivity index (χ3v) is 6.74. The maximum Gasteiger partial charge on any atom is 0.335 e. The first-order valence-electron chi connectivity index (χ1n) is 13.2. The average molecular weight is 610 g/mol. The van der Waals surface area contributed by atoms with Crippen LogP contribution in [0.3, 0.4) is 0 Å². The van der Waals surface area contributed by atoms with Crippen molar-refractivity contribution in [2.75, 3.05) is 10.6 Å². The first-order valence-corrected chi connectivity index (χ1v) is 13.6. The maximum absolute atomic E-state index is 13.4. The average Bonchev–Trinajstić information content (AvgIpc) is 3.56. The number of carbonyl (C=O) groups excluding carboxylic acids is 3. The van der Waals surface area contributed by atoms with Crippen LogP contribution in [-0.2, 0) is 20.8 Å². The summed E-state index contributed by atoms with van der Waals surface area (Å²) in [6.45, 7) is 0. The van der Waals surface area contributed by atoms with Gasteiger partial charge < -0.3 is 21.1 Å². The summed E-state index contributed by atoms with van der Waals surface area (Å²) in [5, 5.41) is 28.2. The highest BCUT2D eigenvalue weighted by Crippen LogP contribution is 2.24. The molecule has 0 aliphatic heterocycles. The Hall–Kier alpha value is -5.88. The number of hydrogen-bond acceptors (Lipinski definition) is 7. The van der Waals surface area contributed by atoms with Crippen molar-refractivity contribution in [2.24, 2.45) is 0 Å². The lowest BCUT2D eigenvalue weighted by Gasteiger charge is -2.19. The highest BCUT2D eigenvalue weighted by molar-refractivity contribution is 6.40. The van der Waals surface area contributed by atoms with Crippen molar-refractivity contribution < 1.29 is 24.3 Å². The number of amides is 3. The van der Waals surface area contributed by atoms with Crippen LogP contribution in [0.1, 0.15) is 15.9 Å². The topological polar surface area (TPSA) is 168 Å². The number of nitrogens with zero attached hydrogens (tertiary/aromatic N) is 4. The second-order valence-corrected chi connectivity index (χ2v) is 9.97. The SMILES string of the molecule is O=C(Nc1cc(Cl)ccc1-n1cnnn1)C(=O)NC(Cc1ccc(-c2ccccc2)cc1)C(=O)Nc1cccc(C(=O)O)c1. The van der Waals surface area contributed by atoms with Gasteiger partial charge in [-0.05, 0) is 63.5 Å². The minimum Gasteiger partial charge on any atom is -0.478 e. The summed E-state index contributed by atoms with van der Waals surface area (Å²) in [7, 11) is 0. The summed E-state index contributed by atoms with van der Waals surface area (Å²) in [6.07, 6.45) is 1.34. The van der Waals surface area contributed by atoms with Gasteiger partial charge in [0, 0.05) is 17.1 Å². The fourth-order valence-electron chi connectivity index (χ4n) is 4.35. The Balaban J connectivity index is 1.36. The zero-order valence-corrected chi connectivity index (χ0v) is 23.6. The van der Waals surface area contributed by atoms with E-state index in [1.54, 1.807) is 12.1 Å². The molecule has 3 amide bonds. The van der Waals surface area contributed by atoms with Crippen molar-refractivity contribution >= 4 is 46.7 Å². The normalized spacial score (nSPS) is 11.3. The summed E-state index contributed by atoms with van der Waals surface area (Å²) >= 11 is 6.11. The molecule has 5 aromatic rings. The molecule has 4 aromatic carbocycles. The lowest BCUT2D eigenvalue weighted by Crippen LogP contribution is -2.49. The van der Waals surface area contributed by atoms with E-state index in [1.165, 1.54) is 41.3 Å². The van der Waals surface area contributed by atoms with E-state index in [-0.39, 0.29) is 28.4 Å². The molecule has 1 heterocycles. The molecule has 220 valence electrons. The first-order chi connectivity index (χ1) is 21.3. The van der Waals surface area contributed by atoms with Crippen LogP contribution in [0, 0.1) is 0 Å². The predicted octanol–water partition coefficient (Wildman–Crippen LogP) is 3.99. The number of benzene rings is 4. The van der Waals surface area contributed by atoms with Gasteiger partial charge in [-0.1, -0.05) is 72.3 Å². The van der Waals surface area contributed by atoms with Gasteiger partial charge in [-0.3, -0.25) is 14.4 Å². The smallest absolute Gasteiger partial charge is 0.335 e. The van der Waals surface area contributed by atoms with Gasteiger partial charge in [-0.25, -0.2) is 4.79 Å². The van der Waals surface area contributed by atoms with Gasteiger partial charge in [0.1, 0.15) is 12.4 Å². The van der Waals surface area contributed by atoms with Crippen LogP contribution in [-0.4, -0.2) is 55.0 Å².